The van der Waals surface area contributed by atoms with Crippen LogP contribution in [0.25, 0.3) is 0 Å². The second-order valence-corrected chi connectivity index (χ2v) is 4.66. The van der Waals surface area contributed by atoms with Crippen molar-refractivity contribution in [3.05, 3.63) is 47.9 Å². The smallest absolute Gasteiger partial charge is 0.224 e. The van der Waals surface area contributed by atoms with Gasteiger partial charge in [-0.05, 0) is 25.5 Å². The third-order valence-corrected chi connectivity index (χ3v) is 3.06. The van der Waals surface area contributed by atoms with Crippen molar-refractivity contribution < 1.29 is 4.39 Å². The number of hydrogen-bond acceptors (Lipinski definition) is 4. The summed E-state index contributed by atoms with van der Waals surface area (Å²) in [6.07, 6.45) is 2.70. The van der Waals surface area contributed by atoms with E-state index >= 15 is 0 Å². The van der Waals surface area contributed by atoms with E-state index in [4.69, 9.17) is 0 Å². The standard InChI is InChI=1S/C15H19FN4/c1-3-11(2)19-14-8-9-17-15(20-14)18-10-12-6-4-5-7-13(12)16/h4-9,11H,3,10H2,1-2H3,(H2,17,18,19,20). The summed E-state index contributed by atoms with van der Waals surface area (Å²) in [6.45, 7) is 4.56. The number of aromatic nitrogens is 2. The van der Waals surface area contributed by atoms with Crippen molar-refractivity contribution >= 4 is 11.8 Å². The molecule has 4 nitrogen and oxygen atoms in total. The number of nitrogens with one attached hydrogen (secondary N) is 2. The number of rotatable bonds is 6. The van der Waals surface area contributed by atoms with Gasteiger partial charge in [0.2, 0.25) is 5.95 Å². The molecule has 5 heteroatoms. The second kappa shape index (κ2) is 6.84. The molecule has 0 aliphatic rings. The fourth-order valence-corrected chi connectivity index (χ4v) is 1.69. The minimum absolute atomic E-state index is 0.228. The highest BCUT2D eigenvalue weighted by Crippen LogP contribution is 2.11. The molecule has 0 radical (unpaired) electrons. The number of nitrogens with zero attached hydrogens (tertiary/aromatic N) is 2. The Morgan fingerprint density at radius 2 is 2.05 bits per heavy atom. The zero-order valence-electron chi connectivity index (χ0n) is 11.7. The molecule has 0 spiro atoms. The molecule has 1 aromatic heterocycles. The van der Waals surface area contributed by atoms with E-state index in [1.165, 1.54) is 6.07 Å². The first-order chi connectivity index (χ1) is 9.69. The lowest BCUT2D eigenvalue weighted by Crippen LogP contribution is -2.15. The molecule has 1 atom stereocenters. The zero-order valence-corrected chi connectivity index (χ0v) is 11.7. The van der Waals surface area contributed by atoms with Gasteiger partial charge in [0.25, 0.3) is 0 Å². The molecule has 0 aliphatic heterocycles. The Morgan fingerprint density at radius 1 is 1.25 bits per heavy atom. The molecular weight excluding hydrogens is 255 g/mol. The first kappa shape index (κ1) is 14.2. The normalized spacial score (nSPS) is 11.9. The van der Waals surface area contributed by atoms with E-state index < -0.39 is 0 Å². The van der Waals surface area contributed by atoms with Gasteiger partial charge in [-0.2, -0.15) is 4.98 Å². The largest absolute Gasteiger partial charge is 0.367 e. The van der Waals surface area contributed by atoms with Gasteiger partial charge in [-0.1, -0.05) is 25.1 Å². The van der Waals surface area contributed by atoms with Gasteiger partial charge in [0.1, 0.15) is 11.6 Å². The summed E-state index contributed by atoms with van der Waals surface area (Å²) in [5.41, 5.74) is 0.594. The predicted octanol–water partition coefficient (Wildman–Crippen LogP) is 3.44. The minimum atomic E-state index is -0.228. The van der Waals surface area contributed by atoms with E-state index in [0.717, 1.165) is 12.2 Å². The van der Waals surface area contributed by atoms with Crippen LogP contribution >= 0.6 is 0 Å². The molecule has 2 N–H and O–H groups in total. The van der Waals surface area contributed by atoms with Gasteiger partial charge < -0.3 is 10.6 Å². The Morgan fingerprint density at radius 3 is 2.80 bits per heavy atom. The molecule has 20 heavy (non-hydrogen) atoms. The van der Waals surface area contributed by atoms with Gasteiger partial charge in [-0.3, -0.25) is 0 Å². The lowest BCUT2D eigenvalue weighted by Gasteiger charge is -2.13. The summed E-state index contributed by atoms with van der Waals surface area (Å²) in [5.74, 6) is 1.03. The first-order valence-electron chi connectivity index (χ1n) is 6.76. The Labute approximate surface area is 118 Å². The highest BCUT2D eigenvalue weighted by atomic mass is 19.1. The Hall–Kier alpha value is -2.17. The van der Waals surface area contributed by atoms with Crippen molar-refractivity contribution in [2.24, 2.45) is 0 Å². The molecule has 0 aliphatic carbocycles. The lowest BCUT2D eigenvalue weighted by atomic mass is 10.2. The molecule has 0 amide bonds. The molecule has 0 fully saturated rings. The van der Waals surface area contributed by atoms with Crippen LogP contribution < -0.4 is 10.6 Å². The molecule has 0 saturated heterocycles. The molecule has 1 unspecified atom stereocenters. The third kappa shape index (κ3) is 3.91. The van der Waals surface area contributed by atoms with Gasteiger partial charge >= 0.3 is 0 Å². The Bertz CT molecular complexity index is 559. The van der Waals surface area contributed by atoms with Crippen molar-refractivity contribution in [3.63, 3.8) is 0 Å². The van der Waals surface area contributed by atoms with Crippen molar-refractivity contribution in [3.8, 4) is 0 Å². The number of anilines is 2. The van der Waals surface area contributed by atoms with Crippen LogP contribution in [0.15, 0.2) is 36.5 Å². The topological polar surface area (TPSA) is 49.8 Å². The highest BCUT2D eigenvalue weighted by molar-refractivity contribution is 5.40. The summed E-state index contributed by atoms with van der Waals surface area (Å²) in [6, 6.07) is 8.83. The van der Waals surface area contributed by atoms with E-state index in [2.05, 4.69) is 34.4 Å². The van der Waals surface area contributed by atoms with Crippen molar-refractivity contribution in [2.45, 2.75) is 32.9 Å². The molecule has 0 bridgehead atoms. The Balaban J connectivity index is 2.00. The van der Waals surface area contributed by atoms with Crippen LogP contribution in [0.5, 0.6) is 0 Å². The number of hydrogen-bond donors (Lipinski definition) is 2. The summed E-state index contributed by atoms with van der Waals surface area (Å²) >= 11 is 0. The maximum absolute atomic E-state index is 13.5. The fraction of sp³-hybridized carbons (Fsp3) is 0.333. The van der Waals surface area contributed by atoms with Crippen LogP contribution in [0.3, 0.4) is 0 Å². The average Bonchev–Trinajstić information content (AvgIpc) is 2.47. The predicted molar refractivity (Wildman–Crippen MR) is 79.1 cm³/mol. The minimum Gasteiger partial charge on any atom is -0.367 e. The fourth-order valence-electron chi connectivity index (χ4n) is 1.69. The maximum atomic E-state index is 13.5. The third-order valence-electron chi connectivity index (χ3n) is 3.06. The average molecular weight is 274 g/mol. The summed E-state index contributed by atoms with van der Waals surface area (Å²) < 4.78 is 13.5. The molecule has 2 rings (SSSR count). The Kier molecular flexibility index (Phi) is 4.87. The number of benzene rings is 1. The van der Waals surface area contributed by atoms with Gasteiger partial charge in [0.15, 0.2) is 0 Å². The van der Waals surface area contributed by atoms with E-state index in [-0.39, 0.29) is 5.82 Å². The zero-order chi connectivity index (χ0) is 14.4. The molecular formula is C15H19FN4. The van der Waals surface area contributed by atoms with Crippen LogP contribution in [0.1, 0.15) is 25.8 Å². The quantitative estimate of drug-likeness (QED) is 0.847. The van der Waals surface area contributed by atoms with Crippen LogP contribution in [-0.4, -0.2) is 16.0 Å². The van der Waals surface area contributed by atoms with Gasteiger partial charge in [-0.15, -0.1) is 0 Å². The second-order valence-electron chi connectivity index (χ2n) is 4.66. The van der Waals surface area contributed by atoms with Crippen molar-refractivity contribution in [2.75, 3.05) is 10.6 Å². The van der Waals surface area contributed by atoms with Gasteiger partial charge in [0, 0.05) is 24.3 Å². The molecule has 2 aromatic rings. The first-order valence-corrected chi connectivity index (χ1v) is 6.76. The summed E-state index contributed by atoms with van der Waals surface area (Å²) in [4.78, 5) is 8.48. The van der Waals surface area contributed by atoms with E-state index in [9.17, 15) is 4.39 Å². The van der Waals surface area contributed by atoms with Crippen molar-refractivity contribution in [1.29, 1.82) is 0 Å². The monoisotopic (exact) mass is 274 g/mol. The van der Waals surface area contributed by atoms with Gasteiger partial charge in [-0.25, -0.2) is 9.37 Å². The molecule has 1 heterocycles. The molecule has 106 valence electrons. The maximum Gasteiger partial charge on any atom is 0.224 e. The van der Waals surface area contributed by atoms with Crippen LogP contribution in [0.2, 0.25) is 0 Å². The SMILES string of the molecule is CCC(C)Nc1ccnc(NCc2ccccc2F)n1. The molecule has 0 saturated carbocycles. The molecule has 1 aromatic carbocycles. The van der Waals surface area contributed by atoms with Crippen LogP contribution in [-0.2, 0) is 6.54 Å². The van der Waals surface area contributed by atoms with Crippen LogP contribution in [0, 0.1) is 5.82 Å². The summed E-state index contributed by atoms with van der Waals surface area (Å²) in [7, 11) is 0. The van der Waals surface area contributed by atoms with E-state index in [1.54, 1.807) is 18.3 Å². The van der Waals surface area contributed by atoms with Crippen LogP contribution in [0.4, 0.5) is 16.2 Å². The van der Waals surface area contributed by atoms with E-state index in [0.29, 0.717) is 24.1 Å². The highest BCUT2D eigenvalue weighted by Gasteiger charge is 2.04. The van der Waals surface area contributed by atoms with Gasteiger partial charge in [0.05, 0.1) is 0 Å². The van der Waals surface area contributed by atoms with E-state index in [1.807, 2.05) is 12.1 Å². The van der Waals surface area contributed by atoms with Crippen molar-refractivity contribution in [1.82, 2.24) is 9.97 Å². The lowest BCUT2D eigenvalue weighted by molar-refractivity contribution is 0.612. The summed E-state index contributed by atoms with van der Waals surface area (Å²) in [5, 5.41) is 6.31. The number of halogens is 1.